The van der Waals surface area contributed by atoms with Gasteiger partial charge in [-0.05, 0) is 38.0 Å². The topological polar surface area (TPSA) is 60.7 Å². The van der Waals surface area contributed by atoms with Crippen LogP contribution in [0.2, 0.25) is 0 Å². The molecule has 5 heteroatoms. The molecular formula is C27H33NO4. The summed E-state index contributed by atoms with van der Waals surface area (Å²) in [5.74, 6) is 1.39. The summed E-state index contributed by atoms with van der Waals surface area (Å²) in [7, 11) is 1.66. The number of ether oxygens (including phenoxy) is 2. The van der Waals surface area contributed by atoms with E-state index in [-0.39, 0.29) is 5.91 Å². The minimum atomic E-state index is -0.0845. The van der Waals surface area contributed by atoms with Gasteiger partial charge in [-0.15, -0.1) is 0 Å². The van der Waals surface area contributed by atoms with Crippen molar-refractivity contribution in [2.75, 3.05) is 20.3 Å². The lowest BCUT2D eigenvalue weighted by Gasteiger charge is -2.12. The Morgan fingerprint density at radius 1 is 1.06 bits per heavy atom. The zero-order valence-electron chi connectivity index (χ0n) is 19.5. The number of carbonyl (C=O) groups is 1. The largest absolute Gasteiger partial charge is 0.496 e. The Bertz CT molecular complexity index is 1080. The summed E-state index contributed by atoms with van der Waals surface area (Å²) >= 11 is 0. The van der Waals surface area contributed by atoms with Crippen LogP contribution in [0.3, 0.4) is 0 Å². The number of rotatable bonds is 11. The van der Waals surface area contributed by atoms with E-state index < -0.39 is 0 Å². The van der Waals surface area contributed by atoms with Crippen LogP contribution in [0.15, 0.2) is 53.2 Å². The lowest BCUT2D eigenvalue weighted by Crippen LogP contribution is -2.22. The Morgan fingerprint density at radius 3 is 2.62 bits per heavy atom. The molecule has 1 N–H and O–H groups in total. The predicted octanol–water partition coefficient (Wildman–Crippen LogP) is 6.61. The fourth-order valence-corrected chi connectivity index (χ4v) is 3.80. The van der Waals surface area contributed by atoms with E-state index in [0.717, 1.165) is 51.8 Å². The number of methoxy groups -OCH3 is 1. The zero-order valence-corrected chi connectivity index (χ0v) is 19.5. The lowest BCUT2D eigenvalue weighted by molar-refractivity contribution is -0.116. The number of benzene rings is 2. The molecule has 0 aliphatic carbocycles. The Hall–Kier alpha value is -3.21. The summed E-state index contributed by atoms with van der Waals surface area (Å²) in [6.07, 6.45) is 7.90. The van der Waals surface area contributed by atoms with Crippen LogP contribution in [0.25, 0.3) is 27.7 Å². The number of hydrogen-bond donors (Lipinski definition) is 1. The summed E-state index contributed by atoms with van der Waals surface area (Å²) in [5.41, 5.74) is 4.34. The lowest BCUT2D eigenvalue weighted by atomic mass is 9.98. The highest BCUT2D eigenvalue weighted by atomic mass is 16.5. The normalized spacial score (nSPS) is 11.6. The van der Waals surface area contributed by atoms with E-state index in [2.05, 4.69) is 12.2 Å². The third-order valence-electron chi connectivity index (χ3n) is 5.47. The first kappa shape index (κ1) is 23.5. The molecule has 0 saturated carbocycles. The molecule has 0 saturated heterocycles. The van der Waals surface area contributed by atoms with E-state index in [1.165, 1.54) is 12.8 Å². The first-order chi connectivity index (χ1) is 15.6. The first-order valence-corrected chi connectivity index (χ1v) is 11.4. The number of fused-ring (bicyclic) bond motifs is 1. The van der Waals surface area contributed by atoms with Crippen molar-refractivity contribution in [1.82, 2.24) is 5.32 Å². The van der Waals surface area contributed by atoms with Gasteiger partial charge in [-0.2, -0.15) is 0 Å². The predicted molar refractivity (Wildman–Crippen MR) is 130 cm³/mol. The Kier molecular flexibility index (Phi) is 8.37. The Labute approximate surface area is 190 Å². The molecule has 5 nitrogen and oxygen atoms in total. The van der Waals surface area contributed by atoms with Gasteiger partial charge >= 0.3 is 0 Å². The number of furan rings is 1. The maximum atomic E-state index is 12.5. The van der Waals surface area contributed by atoms with E-state index >= 15 is 0 Å². The van der Waals surface area contributed by atoms with Gasteiger partial charge in [0.15, 0.2) is 0 Å². The number of nitrogens with one attached hydrogen (secondary N) is 1. The minimum absolute atomic E-state index is 0.0845. The van der Waals surface area contributed by atoms with Gasteiger partial charge in [0.25, 0.3) is 0 Å². The Balaban J connectivity index is 1.94. The number of hydrogen-bond acceptors (Lipinski definition) is 4. The smallest absolute Gasteiger partial charge is 0.244 e. The fourth-order valence-electron chi connectivity index (χ4n) is 3.80. The molecule has 1 aromatic heterocycles. The van der Waals surface area contributed by atoms with Gasteiger partial charge in [0.05, 0.1) is 20.0 Å². The van der Waals surface area contributed by atoms with Crippen molar-refractivity contribution < 1.29 is 18.7 Å². The minimum Gasteiger partial charge on any atom is -0.496 e. The van der Waals surface area contributed by atoms with Crippen molar-refractivity contribution in [3.05, 3.63) is 54.3 Å². The molecule has 0 bridgehead atoms. The van der Waals surface area contributed by atoms with Crippen LogP contribution in [-0.4, -0.2) is 26.2 Å². The fraction of sp³-hybridized carbons (Fsp3) is 0.370. The molecule has 0 aliphatic rings. The molecule has 170 valence electrons. The van der Waals surface area contributed by atoms with E-state index in [9.17, 15) is 4.79 Å². The van der Waals surface area contributed by atoms with E-state index in [4.69, 9.17) is 13.9 Å². The second kappa shape index (κ2) is 11.4. The van der Waals surface area contributed by atoms with Crippen LogP contribution in [0.5, 0.6) is 11.5 Å². The summed E-state index contributed by atoms with van der Waals surface area (Å²) in [4.78, 5) is 12.5. The molecule has 32 heavy (non-hydrogen) atoms. The van der Waals surface area contributed by atoms with Crippen LogP contribution >= 0.6 is 0 Å². The molecule has 3 aromatic rings. The number of carbonyl (C=O) groups excluding carboxylic acids is 1. The van der Waals surface area contributed by atoms with Crippen molar-refractivity contribution >= 4 is 22.4 Å². The van der Waals surface area contributed by atoms with Gasteiger partial charge in [0.2, 0.25) is 5.91 Å². The summed E-state index contributed by atoms with van der Waals surface area (Å²) in [5, 5.41) is 3.93. The molecule has 1 amide bonds. The second-order valence-corrected chi connectivity index (χ2v) is 7.81. The van der Waals surface area contributed by atoms with Crippen LogP contribution in [0, 0.1) is 0 Å². The van der Waals surface area contributed by atoms with Crippen molar-refractivity contribution in [3.63, 3.8) is 0 Å². The highest BCUT2D eigenvalue weighted by Gasteiger charge is 2.17. The van der Waals surface area contributed by atoms with Crippen molar-refractivity contribution in [2.45, 2.75) is 46.5 Å². The molecule has 3 rings (SSSR count). The van der Waals surface area contributed by atoms with Crippen LogP contribution in [-0.2, 0) is 4.79 Å². The van der Waals surface area contributed by atoms with Crippen LogP contribution in [0.1, 0.15) is 52.0 Å². The van der Waals surface area contributed by atoms with Gasteiger partial charge in [0.1, 0.15) is 17.1 Å². The third kappa shape index (κ3) is 5.52. The number of unbranched alkanes of at least 4 members (excludes halogenated alkanes) is 3. The van der Waals surface area contributed by atoms with E-state index in [1.54, 1.807) is 19.4 Å². The molecular weight excluding hydrogens is 402 g/mol. The van der Waals surface area contributed by atoms with Gasteiger partial charge in [0, 0.05) is 40.8 Å². The summed E-state index contributed by atoms with van der Waals surface area (Å²) in [6, 6.07) is 11.8. The molecule has 0 radical (unpaired) electrons. The molecule has 0 spiro atoms. The molecule has 0 aliphatic heterocycles. The number of amides is 1. The summed E-state index contributed by atoms with van der Waals surface area (Å²) < 4.78 is 17.3. The second-order valence-electron chi connectivity index (χ2n) is 7.81. The molecule has 0 unspecified atom stereocenters. The van der Waals surface area contributed by atoms with E-state index in [0.29, 0.717) is 18.9 Å². The maximum Gasteiger partial charge on any atom is 0.244 e. The molecule has 0 fully saturated rings. The van der Waals surface area contributed by atoms with Gasteiger partial charge < -0.3 is 19.2 Å². The van der Waals surface area contributed by atoms with Crippen molar-refractivity contribution in [1.29, 1.82) is 0 Å². The maximum absolute atomic E-state index is 12.5. The quantitative estimate of drug-likeness (QED) is 0.272. The highest BCUT2D eigenvalue weighted by Crippen LogP contribution is 2.40. The zero-order chi connectivity index (χ0) is 22.9. The van der Waals surface area contributed by atoms with Gasteiger partial charge in [-0.1, -0.05) is 44.4 Å². The van der Waals surface area contributed by atoms with Gasteiger partial charge in [-0.25, -0.2) is 0 Å². The van der Waals surface area contributed by atoms with E-state index in [1.807, 2.05) is 50.2 Å². The molecule has 2 aromatic carbocycles. The molecule has 1 heterocycles. The monoisotopic (exact) mass is 435 g/mol. The SMILES string of the molecule is CCCCCCNC(=O)/C=C(\C)c1cc2c(-c3ccccc3OC)coc2cc1OCC. The average molecular weight is 436 g/mol. The molecule has 0 atom stereocenters. The summed E-state index contributed by atoms with van der Waals surface area (Å²) in [6.45, 7) is 7.27. The van der Waals surface area contributed by atoms with Crippen LogP contribution in [0.4, 0.5) is 0 Å². The third-order valence-corrected chi connectivity index (χ3v) is 5.47. The standard InChI is InChI=1S/C27H33NO4/c1-5-7-8-11-14-28-27(29)15-19(3)21-16-22-23(20-12-9-10-13-24(20)30-4)18-32-26(22)17-25(21)31-6-2/h9-10,12-13,15-18H,5-8,11,14H2,1-4H3,(H,28,29)/b19-15+. The average Bonchev–Trinajstić information content (AvgIpc) is 3.21. The highest BCUT2D eigenvalue weighted by molar-refractivity contribution is 6.01. The van der Waals surface area contributed by atoms with Crippen molar-refractivity contribution in [3.8, 4) is 22.6 Å². The van der Waals surface area contributed by atoms with Crippen LogP contribution < -0.4 is 14.8 Å². The van der Waals surface area contributed by atoms with Crippen molar-refractivity contribution in [2.24, 2.45) is 0 Å². The first-order valence-electron chi connectivity index (χ1n) is 11.4. The van der Waals surface area contributed by atoms with Gasteiger partial charge in [-0.3, -0.25) is 4.79 Å². The number of allylic oxidation sites excluding steroid dienone is 1. The Morgan fingerprint density at radius 2 is 1.88 bits per heavy atom. The number of para-hydroxylation sites is 1.